The van der Waals surface area contributed by atoms with Crippen molar-refractivity contribution in [1.29, 1.82) is 0 Å². The van der Waals surface area contributed by atoms with E-state index in [1.165, 1.54) is 7.11 Å². The van der Waals surface area contributed by atoms with E-state index in [1.54, 1.807) is 18.2 Å². The predicted molar refractivity (Wildman–Crippen MR) is 70.6 cm³/mol. The molecule has 4 N–H and O–H groups in total. The average molecular weight is 252 g/mol. The normalized spacial score (nSPS) is 11.1. The Kier molecular flexibility index (Phi) is 4.55. The summed E-state index contributed by atoms with van der Waals surface area (Å²) in [7, 11) is 1.52. The zero-order valence-electron chi connectivity index (χ0n) is 11.0. The van der Waals surface area contributed by atoms with Gasteiger partial charge in [0.25, 0.3) is 5.91 Å². The van der Waals surface area contributed by atoms with Gasteiger partial charge in [0.05, 0.1) is 7.11 Å². The summed E-state index contributed by atoms with van der Waals surface area (Å²) >= 11 is 0. The Hall–Kier alpha value is -1.75. The van der Waals surface area contributed by atoms with Crippen molar-refractivity contribution in [1.82, 2.24) is 5.32 Å². The molecule has 5 nitrogen and oxygen atoms in total. The van der Waals surface area contributed by atoms with Gasteiger partial charge >= 0.3 is 0 Å². The van der Waals surface area contributed by atoms with Gasteiger partial charge in [0, 0.05) is 35.9 Å². The second-order valence-electron chi connectivity index (χ2n) is 5.00. The van der Waals surface area contributed by atoms with Crippen molar-refractivity contribution < 1.29 is 14.6 Å². The van der Waals surface area contributed by atoms with Gasteiger partial charge in [-0.1, -0.05) is 13.8 Å². The molecule has 0 aliphatic heterocycles. The lowest BCUT2D eigenvalue weighted by Crippen LogP contribution is -2.36. The monoisotopic (exact) mass is 252 g/mol. The molecule has 0 atom stereocenters. The molecule has 0 unspecified atom stereocenters. The molecule has 1 rings (SSSR count). The Bertz CT molecular complexity index is 430. The van der Waals surface area contributed by atoms with Crippen LogP contribution in [0.5, 0.6) is 5.75 Å². The number of rotatable bonds is 5. The number of carbonyl (C=O) groups excluding carboxylic acids is 1. The van der Waals surface area contributed by atoms with E-state index in [9.17, 15) is 4.79 Å². The standard InChI is InChI=1S/C13H20N2O3/c1-13(2,8-16)7-15-12(17)9-4-10(14)6-11(5-9)18-3/h4-6,16H,7-8,14H2,1-3H3,(H,15,17). The maximum atomic E-state index is 11.9. The molecule has 0 aliphatic carbocycles. The summed E-state index contributed by atoms with van der Waals surface area (Å²) in [6, 6.07) is 4.86. The third-order valence-electron chi connectivity index (χ3n) is 2.58. The number of nitrogens with two attached hydrogens (primary N) is 1. The molecule has 1 aromatic carbocycles. The summed E-state index contributed by atoms with van der Waals surface area (Å²) in [5.41, 5.74) is 6.25. The molecule has 1 amide bonds. The van der Waals surface area contributed by atoms with Crippen LogP contribution in [0.15, 0.2) is 18.2 Å². The van der Waals surface area contributed by atoms with Crippen molar-refractivity contribution in [2.75, 3.05) is 26.0 Å². The maximum absolute atomic E-state index is 11.9. The third kappa shape index (κ3) is 3.92. The molecule has 1 aromatic rings. The molecule has 0 aromatic heterocycles. The molecule has 0 radical (unpaired) electrons. The van der Waals surface area contributed by atoms with Crippen LogP contribution < -0.4 is 15.8 Å². The van der Waals surface area contributed by atoms with Crippen LogP contribution in [0.3, 0.4) is 0 Å². The molecule has 0 spiro atoms. The minimum absolute atomic E-state index is 0.00747. The number of hydrogen-bond donors (Lipinski definition) is 3. The van der Waals surface area contributed by atoms with E-state index in [4.69, 9.17) is 15.6 Å². The van der Waals surface area contributed by atoms with Crippen LogP contribution in [0.25, 0.3) is 0 Å². The first-order chi connectivity index (χ1) is 8.38. The fraction of sp³-hybridized carbons (Fsp3) is 0.462. The summed E-state index contributed by atoms with van der Waals surface area (Å²) in [5, 5.41) is 11.9. The number of aliphatic hydroxyl groups is 1. The fourth-order valence-electron chi connectivity index (χ4n) is 1.35. The highest BCUT2D eigenvalue weighted by molar-refractivity contribution is 5.95. The van der Waals surface area contributed by atoms with Crippen LogP contribution in [0.4, 0.5) is 5.69 Å². The van der Waals surface area contributed by atoms with Gasteiger partial charge in [-0.25, -0.2) is 0 Å². The first kappa shape index (κ1) is 14.3. The number of benzene rings is 1. The number of aliphatic hydroxyl groups excluding tert-OH is 1. The van der Waals surface area contributed by atoms with Crippen LogP contribution in [0.2, 0.25) is 0 Å². The lowest BCUT2D eigenvalue weighted by Gasteiger charge is -2.21. The van der Waals surface area contributed by atoms with Crippen LogP contribution in [-0.2, 0) is 0 Å². The highest BCUT2D eigenvalue weighted by Gasteiger charge is 2.18. The lowest BCUT2D eigenvalue weighted by molar-refractivity contribution is 0.0910. The first-order valence-electron chi connectivity index (χ1n) is 5.71. The van der Waals surface area contributed by atoms with Crippen LogP contribution in [0.1, 0.15) is 24.2 Å². The molecule has 18 heavy (non-hydrogen) atoms. The van der Waals surface area contributed by atoms with Gasteiger partial charge in [-0.3, -0.25) is 4.79 Å². The van der Waals surface area contributed by atoms with E-state index >= 15 is 0 Å². The van der Waals surface area contributed by atoms with Gasteiger partial charge in [-0.05, 0) is 12.1 Å². The van der Waals surface area contributed by atoms with E-state index in [-0.39, 0.29) is 17.9 Å². The fourth-order valence-corrected chi connectivity index (χ4v) is 1.35. The molecule has 0 fully saturated rings. The van der Waals surface area contributed by atoms with Crippen molar-refractivity contribution in [3.8, 4) is 5.75 Å². The maximum Gasteiger partial charge on any atom is 0.251 e. The Morgan fingerprint density at radius 2 is 2.11 bits per heavy atom. The molecule has 5 heteroatoms. The van der Waals surface area contributed by atoms with Gasteiger partial charge in [0.2, 0.25) is 0 Å². The van der Waals surface area contributed by atoms with Crippen LogP contribution >= 0.6 is 0 Å². The summed E-state index contributed by atoms with van der Waals surface area (Å²) in [6.45, 7) is 4.13. The zero-order valence-corrected chi connectivity index (χ0v) is 11.0. The Balaban J connectivity index is 2.75. The number of nitrogen functional groups attached to an aromatic ring is 1. The van der Waals surface area contributed by atoms with Crippen LogP contribution in [-0.4, -0.2) is 31.3 Å². The van der Waals surface area contributed by atoms with Gasteiger partial charge < -0.3 is 20.9 Å². The molecule has 0 bridgehead atoms. The second kappa shape index (κ2) is 5.73. The van der Waals surface area contributed by atoms with E-state index in [1.807, 2.05) is 13.8 Å². The van der Waals surface area contributed by atoms with Crippen molar-refractivity contribution in [3.05, 3.63) is 23.8 Å². The molecule has 0 saturated carbocycles. The molecular formula is C13H20N2O3. The van der Waals surface area contributed by atoms with Crippen molar-refractivity contribution >= 4 is 11.6 Å². The average Bonchev–Trinajstić information content (AvgIpc) is 2.35. The first-order valence-corrected chi connectivity index (χ1v) is 5.71. The number of amides is 1. The topological polar surface area (TPSA) is 84.6 Å². The largest absolute Gasteiger partial charge is 0.497 e. The summed E-state index contributed by atoms with van der Waals surface area (Å²) in [6.07, 6.45) is 0. The summed E-state index contributed by atoms with van der Waals surface area (Å²) < 4.78 is 5.05. The van der Waals surface area contributed by atoms with Gasteiger partial charge in [-0.2, -0.15) is 0 Å². The molecule has 100 valence electrons. The summed E-state index contributed by atoms with van der Waals surface area (Å²) in [5.74, 6) is 0.309. The summed E-state index contributed by atoms with van der Waals surface area (Å²) in [4.78, 5) is 11.9. The molecule has 0 saturated heterocycles. The minimum Gasteiger partial charge on any atom is -0.497 e. The number of hydrogen-bond acceptors (Lipinski definition) is 4. The number of nitrogens with one attached hydrogen (secondary N) is 1. The van der Waals surface area contributed by atoms with Gasteiger partial charge in [0.15, 0.2) is 0 Å². The van der Waals surface area contributed by atoms with E-state index in [0.717, 1.165) is 0 Å². The van der Waals surface area contributed by atoms with Crippen LogP contribution in [0, 0.1) is 5.41 Å². The third-order valence-corrected chi connectivity index (χ3v) is 2.58. The lowest BCUT2D eigenvalue weighted by atomic mass is 9.95. The SMILES string of the molecule is COc1cc(N)cc(C(=O)NCC(C)(C)CO)c1. The molecule has 0 aliphatic rings. The zero-order chi connectivity index (χ0) is 13.8. The quantitative estimate of drug-likeness (QED) is 0.683. The second-order valence-corrected chi connectivity index (χ2v) is 5.00. The smallest absolute Gasteiger partial charge is 0.251 e. The van der Waals surface area contributed by atoms with Gasteiger partial charge in [-0.15, -0.1) is 0 Å². The Labute approximate surface area is 107 Å². The number of ether oxygens (including phenoxy) is 1. The predicted octanol–water partition coefficient (Wildman–Crippen LogP) is 1.03. The number of anilines is 1. The van der Waals surface area contributed by atoms with E-state index in [2.05, 4.69) is 5.32 Å². The minimum atomic E-state index is -0.347. The van der Waals surface area contributed by atoms with Crippen molar-refractivity contribution in [3.63, 3.8) is 0 Å². The Morgan fingerprint density at radius 3 is 2.67 bits per heavy atom. The van der Waals surface area contributed by atoms with Crippen molar-refractivity contribution in [2.45, 2.75) is 13.8 Å². The number of carbonyl (C=O) groups is 1. The molecular weight excluding hydrogens is 232 g/mol. The van der Waals surface area contributed by atoms with Crippen molar-refractivity contribution in [2.24, 2.45) is 5.41 Å². The van der Waals surface area contributed by atoms with E-state index in [0.29, 0.717) is 23.5 Å². The van der Waals surface area contributed by atoms with Gasteiger partial charge in [0.1, 0.15) is 5.75 Å². The molecule has 0 heterocycles. The van der Waals surface area contributed by atoms with E-state index < -0.39 is 0 Å². The Morgan fingerprint density at radius 1 is 1.44 bits per heavy atom. The number of methoxy groups -OCH3 is 1. The highest BCUT2D eigenvalue weighted by Crippen LogP contribution is 2.19. The highest BCUT2D eigenvalue weighted by atomic mass is 16.5.